The van der Waals surface area contributed by atoms with Crippen LogP contribution in [0.15, 0.2) is 77.7 Å². The number of halogens is 1. The smallest absolute Gasteiger partial charge is 0.264 e. The second kappa shape index (κ2) is 12.2. The quantitative estimate of drug-likeness (QED) is 0.400. The van der Waals surface area contributed by atoms with Gasteiger partial charge in [-0.3, -0.25) is 13.9 Å². The normalized spacial score (nSPS) is 11.0. The molecule has 0 bridgehead atoms. The van der Waals surface area contributed by atoms with Crippen molar-refractivity contribution in [2.75, 3.05) is 29.3 Å². The lowest BCUT2D eigenvalue weighted by molar-refractivity contribution is -0.114. The predicted molar refractivity (Wildman–Crippen MR) is 136 cm³/mol. The molecule has 0 aliphatic carbocycles. The van der Waals surface area contributed by atoms with Gasteiger partial charge in [0.25, 0.3) is 15.9 Å². The Bertz CT molecular complexity index is 1300. The summed E-state index contributed by atoms with van der Waals surface area (Å²) in [7, 11) is -4.24. The monoisotopic (exact) mass is 513 g/mol. The van der Waals surface area contributed by atoms with Crippen LogP contribution in [0.2, 0.25) is 0 Å². The van der Waals surface area contributed by atoms with E-state index in [1.54, 1.807) is 36.4 Å². The summed E-state index contributed by atoms with van der Waals surface area (Å²) in [5.41, 5.74) is 0.724. The summed E-state index contributed by atoms with van der Waals surface area (Å²) in [6, 6.07) is 17.0. The van der Waals surface area contributed by atoms with Crippen molar-refractivity contribution in [2.45, 2.75) is 25.2 Å². The standard InChI is InChI=1S/C26H28FN3O5S/c1-3-17-28-26(32)23-7-5-6-8-24(23)29-25(31)18-30(20-11-13-21(14-12-20)35-4-2)36(33,34)22-15-9-19(27)10-16-22/h5-16H,3-4,17-18H2,1-2H3,(H,28,32)(H,29,31). The van der Waals surface area contributed by atoms with Crippen LogP contribution in [-0.4, -0.2) is 39.9 Å². The van der Waals surface area contributed by atoms with Crippen LogP contribution in [0.1, 0.15) is 30.6 Å². The van der Waals surface area contributed by atoms with Gasteiger partial charge in [-0.25, -0.2) is 12.8 Å². The SMILES string of the molecule is CCCNC(=O)c1ccccc1NC(=O)CN(c1ccc(OCC)cc1)S(=O)(=O)c1ccc(F)cc1. The topological polar surface area (TPSA) is 105 Å². The van der Waals surface area contributed by atoms with Crippen molar-refractivity contribution in [1.82, 2.24) is 5.32 Å². The number of amides is 2. The molecular formula is C26H28FN3O5S. The van der Waals surface area contributed by atoms with Crippen LogP contribution >= 0.6 is 0 Å². The molecule has 0 saturated carbocycles. The molecule has 10 heteroatoms. The molecule has 3 aromatic rings. The Morgan fingerprint density at radius 1 is 0.944 bits per heavy atom. The summed E-state index contributed by atoms with van der Waals surface area (Å²) in [4.78, 5) is 25.4. The van der Waals surface area contributed by atoms with Crippen LogP contribution in [0.5, 0.6) is 5.75 Å². The zero-order valence-electron chi connectivity index (χ0n) is 20.0. The zero-order chi connectivity index (χ0) is 26.1. The molecule has 3 rings (SSSR count). The van der Waals surface area contributed by atoms with E-state index in [9.17, 15) is 22.4 Å². The van der Waals surface area contributed by atoms with Crippen LogP contribution in [0.3, 0.4) is 0 Å². The van der Waals surface area contributed by atoms with Gasteiger partial charge in [-0.1, -0.05) is 19.1 Å². The number of benzene rings is 3. The molecule has 0 spiro atoms. The number of hydrogen-bond donors (Lipinski definition) is 2. The van der Waals surface area contributed by atoms with E-state index in [1.165, 1.54) is 12.1 Å². The summed E-state index contributed by atoms with van der Waals surface area (Å²) in [6.45, 7) is 4.07. The van der Waals surface area contributed by atoms with Crippen molar-refractivity contribution >= 4 is 33.2 Å². The average Bonchev–Trinajstić information content (AvgIpc) is 2.87. The number of rotatable bonds is 11. The van der Waals surface area contributed by atoms with Crippen molar-refractivity contribution in [3.05, 3.63) is 84.2 Å². The molecule has 2 amide bonds. The number of nitrogens with zero attached hydrogens (tertiary/aromatic N) is 1. The maximum atomic E-state index is 13.5. The lowest BCUT2D eigenvalue weighted by atomic mass is 10.1. The lowest BCUT2D eigenvalue weighted by Crippen LogP contribution is -2.38. The third-order valence-electron chi connectivity index (χ3n) is 5.11. The fourth-order valence-corrected chi connectivity index (χ4v) is 4.79. The first-order valence-corrected chi connectivity index (χ1v) is 12.9. The molecule has 0 unspecified atom stereocenters. The highest BCUT2D eigenvalue weighted by Crippen LogP contribution is 2.26. The van der Waals surface area contributed by atoms with E-state index < -0.39 is 28.3 Å². The highest BCUT2D eigenvalue weighted by molar-refractivity contribution is 7.92. The summed E-state index contributed by atoms with van der Waals surface area (Å²) in [5, 5.41) is 5.40. The van der Waals surface area contributed by atoms with Crippen LogP contribution < -0.4 is 19.7 Å². The van der Waals surface area contributed by atoms with Gasteiger partial charge in [0.15, 0.2) is 0 Å². The van der Waals surface area contributed by atoms with E-state index in [4.69, 9.17) is 4.74 Å². The van der Waals surface area contributed by atoms with Crippen LogP contribution in [-0.2, 0) is 14.8 Å². The Kier molecular flexibility index (Phi) is 9.02. The molecule has 0 heterocycles. The van der Waals surface area contributed by atoms with Gasteiger partial charge in [0, 0.05) is 6.54 Å². The Hall–Kier alpha value is -3.92. The molecule has 2 N–H and O–H groups in total. The Morgan fingerprint density at radius 3 is 2.25 bits per heavy atom. The van der Waals surface area contributed by atoms with E-state index in [0.717, 1.165) is 35.0 Å². The number of carbonyl (C=O) groups excluding carboxylic acids is 2. The Morgan fingerprint density at radius 2 is 1.61 bits per heavy atom. The molecule has 0 aliphatic rings. The van der Waals surface area contributed by atoms with Crippen molar-refractivity contribution < 1.29 is 27.1 Å². The summed E-state index contributed by atoms with van der Waals surface area (Å²) in [6.07, 6.45) is 0.749. The molecule has 190 valence electrons. The average molecular weight is 514 g/mol. The minimum atomic E-state index is -4.24. The van der Waals surface area contributed by atoms with Crippen molar-refractivity contribution in [2.24, 2.45) is 0 Å². The third kappa shape index (κ3) is 6.60. The van der Waals surface area contributed by atoms with Gasteiger partial charge in [0.2, 0.25) is 5.91 Å². The van der Waals surface area contributed by atoms with E-state index in [1.807, 2.05) is 13.8 Å². The molecular weight excluding hydrogens is 485 g/mol. The first-order valence-electron chi connectivity index (χ1n) is 11.4. The zero-order valence-corrected chi connectivity index (χ0v) is 20.8. The number of nitrogens with one attached hydrogen (secondary N) is 2. The van der Waals surface area contributed by atoms with Gasteiger partial charge in [-0.2, -0.15) is 0 Å². The van der Waals surface area contributed by atoms with Gasteiger partial charge in [0.1, 0.15) is 18.1 Å². The summed E-state index contributed by atoms with van der Waals surface area (Å²) in [5.74, 6) is -1.06. The second-order valence-corrected chi connectivity index (χ2v) is 9.60. The Balaban J connectivity index is 1.91. The van der Waals surface area contributed by atoms with Crippen molar-refractivity contribution in [3.8, 4) is 5.75 Å². The molecule has 8 nitrogen and oxygen atoms in total. The molecule has 3 aromatic carbocycles. The van der Waals surface area contributed by atoms with Crippen molar-refractivity contribution in [3.63, 3.8) is 0 Å². The Labute approximate surface area is 210 Å². The van der Waals surface area contributed by atoms with Crippen LogP contribution in [0.25, 0.3) is 0 Å². The van der Waals surface area contributed by atoms with E-state index >= 15 is 0 Å². The van der Waals surface area contributed by atoms with Crippen molar-refractivity contribution in [1.29, 1.82) is 0 Å². The number of para-hydroxylation sites is 1. The molecule has 0 radical (unpaired) electrons. The fourth-order valence-electron chi connectivity index (χ4n) is 3.37. The summed E-state index contributed by atoms with van der Waals surface area (Å²) < 4.78 is 46.7. The number of anilines is 2. The summed E-state index contributed by atoms with van der Waals surface area (Å²) >= 11 is 0. The van der Waals surface area contributed by atoms with Gasteiger partial charge in [-0.15, -0.1) is 0 Å². The fraction of sp³-hybridized carbons (Fsp3) is 0.231. The minimum absolute atomic E-state index is 0.176. The number of hydrogen-bond acceptors (Lipinski definition) is 5. The maximum absolute atomic E-state index is 13.5. The minimum Gasteiger partial charge on any atom is -0.494 e. The predicted octanol–water partition coefficient (Wildman–Crippen LogP) is 4.20. The first kappa shape index (κ1) is 26.7. The lowest BCUT2D eigenvalue weighted by Gasteiger charge is -2.24. The van der Waals surface area contributed by atoms with Crippen LogP contribution in [0, 0.1) is 5.82 Å². The molecule has 0 aliphatic heterocycles. The van der Waals surface area contributed by atoms with E-state index in [2.05, 4.69) is 10.6 Å². The molecule has 0 saturated heterocycles. The van der Waals surface area contributed by atoms with Gasteiger partial charge >= 0.3 is 0 Å². The highest BCUT2D eigenvalue weighted by Gasteiger charge is 2.28. The third-order valence-corrected chi connectivity index (χ3v) is 6.89. The molecule has 0 aromatic heterocycles. The van der Waals surface area contributed by atoms with Gasteiger partial charge < -0.3 is 15.4 Å². The number of ether oxygens (including phenoxy) is 1. The molecule has 0 atom stereocenters. The second-order valence-electron chi connectivity index (χ2n) is 7.74. The van der Waals surface area contributed by atoms with Gasteiger partial charge in [0.05, 0.1) is 28.4 Å². The first-order chi connectivity index (χ1) is 17.3. The molecule has 36 heavy (non-hydrogen) atoms. The van der Waals surface area contributed by atoms with E-state index in [-0.39, 0.29) is 27.7 Å². The van der Waals surface area contributed by atoms with Gasteiger partial charge in [-0.05, 0) is 74.0 Å². The largest absolute Gasteiger partial charge is 0.494 e. The van der Waals surface area contributed by atoms with Crippen LogP contribution in [0.4, 0.5) is 15.8 Å². The number of carbonyl (C=O) groups is 2. The van der Waals surface area contributed by atoms with E-state index in [0.29, 0.717) is 18.9 Å². The number of sulfonamides is 1. The molecule has 0 fully saturated rings. The maximum Gasteiger partial charge on any atom is 0.264 e. The highest BCUT2D eigenvalue weighted by atomic mass is 32.2.